The molecule has 5 rings (SSSR count). The van der Waals surface area contributed by atoms with E-state index in [-0.39, 0.29) is 31.4 Å². The van der Waals surface area contributed by atoms with Gasteiger partial charge < -0.3 is 19.7 Å². The van der Waals surface area contributed by atoms with Gasteiger partial charge in [0.15, 0.2) is 0 Å². The van der Waals surface area contributed by atoms with Crippen LogP contribution in [0.15, 0.2) is 84.9 Å². The number of aromatic nitrogens is 2. The van der Waals surface area contributed by atoms with Gasteiger partial charge in [0, 0.05) is 24.2 Å². The van der Waals surface area contributed by atoms with Gasteiger partial charge in [0.1, 0.15) is 22.7 Å². The van der Waals surface area contributed by atoms with Crippen LogP contribution in [0, 0.1) is 0 Å². The molecule has 8 heteroatoms. The molecule has 0 unspecified atom stereocenters. The highest BCUT2D eigenvalue weighted by Gasteiger charge is 2.48. The number of hydrogen-bond acceptors (Lipinski definition) is 5. The average molecular weight is 511 g/mol. The van der Waals surface area contributed by atoms with Crippen LogP contribution in [-0.2, 0) is 24.4 Å². The summed E-state index contributed by atoms with van der Waals surface area (Å²) in [5, 5.41) is 7.75. The molecule has 8 nitrogen and oxygen atoms in total. The van der Waals surface area contributed by atoms with Gasteiger partial charge in [-0.15, -0.1) is 0 Å². The van der Waals surface area contributed by atoms with E-state index in [2.05, 4.69) is 5.32 Å². The van der Waals surface area contributed by atoms with Gasteiger partial charge in [0.05, 0.1) is 26.5 Å². The Kier molecular flexibility index (Phi) is 6.87. The van der Waals surface area contributed by atoms with E-state index in [1.165, 1.54) is 0 Å². The van der Waals surface area contributed by atoms with Gasteiger partial charge in [-0.3, -0.25) is 14.3 Å². The molecule has 3 aromatic carbocycles. The van der Waals surface area contributed by atoms with Crippen LogP contribution < -0.4 is 14.8 Å². The van der Waals surface area contributed by atoms with Crippen LogP contribution in [0.3, 0.4) is 0 Å². The lowest BCUT2D eigenvalue weighted by Gasteiger charge is -2.43. The highest BCUT2D eigenvalue weighted by Crippen LogP contribution is 2.32. The van der Waals surface area contributed by atoms with Gasteiger partial charge in [-0.1, -0.05) is 60.7 Å². The number of ether oxygens (including phenoxy) is 2. The molecular formula is C30H30N4O4. The molecule has 1 aliphatic rings. The predicted molar refractivity (Wildman–Crippen MR) is 144 cm³/mol. The Bertz CT molecular complexity index is 1450. The lowest BCUT2D eigenvalue weighted by molar-refractivity contribution is -0.133. The number of nitrogens with zero attached hydrogens (tertiary/aromatic N) is 3. The zero-order valence-corrected chi connectivity index (χ0v) is 21.7. The normalized spacial score (nSPS) is 16.6. The fraction of sp³-hybridized carbons (Fsp3) is 0.233. The number of rotatable bonds is 8. The summed E-state index contributed by atoms with van der Waals surface area (Å²) in [5.41, 5.74) is 2.60. The number of amides is 2. The Morgan fingerprint density at radius 1 is 0.974 bits per heavy atom. The van der Waals surface area contributed by atoms with E-state index in [1.54, 1.807) is 36.8 Å². The van der Waals surface area contributed by atoms with E-state index in [0.717, 1.165) is 22.4 Å². The Hall–Kier alpha value is -4.59. The van der Waals surface area contributed by atoms with Crippen LogP contribution >= 0.6 is 0 Å². The first-order chi connectivity index (χ1) is 18.4. The molecule has 1 atom stereocenters. The van der Waals surface area contributed by atoms with E-state index >= 15 is 0 Å². The average Bonchev–Trinajstić information content (AvgIpc) is 3.39. The van der Waals surface area contributed by atoms with Gasteiger partial charge >= 0.3 is 0 Å². The fourth-order valence-corrected chi connectivity index (χ4v) is 4.77. The van der Waals surface area contributed by atoms with Gasteiger partial charge in [-0.05, 0) is 36.8 Å². The Morgan fingerprint density at radius 3 is 2.39 bits per heavy atom. The number of methoxy groups -OCH3 is 2. The SMILES string of the molecule is COc1ccc(CN2C(=O)c3cc(-c4ccccc4)nn3C[C@@]2(C)C(=O)NCc2ccccc2OC)cc1. The van der Waals surface area contributed by atoms with Crippen molar-refractivity contribution in [3.63, 3.8) is 0 Å². The lowest BCUT2D eigenvalue weighted by Crippen LogP contribution is -2.63. The quantitative estimate of drug-likeness (QED) is 0.382. The number of carbonyl (C=O) groups excluding carboxylic acids is 2. The Balaban J connectivity index is 1.48. The van der Waals surface area contributed by atoms with E-state index in [4.69, 9.17) is 14.6 Å². The Labute approximate surface area is 221 Å². The molecule has 1 aliphatic heterocycles. The fourth-order valence-electron chi connectivity index (χ4n) is 4.77. The molecule has 0 aliphatic carbocycles. The van der Waals surface area contributed by atoms with Crippen LogP contribution in [0.5, 0.6) is 11.5 Å². The summed E-state index contributed by atoms with van der Waals surface area (Å²) in [6.07, 6.45) is 0. The molecule has 1 aromatic heterocycles. The highest BCUT2D eigenvalue weighted by molar-refractivity contribution is 6.00. The smallest absolute Gasteiger partial charge is 0.273 e. The van der Waals surface area contributed by atoms with Gasteiger partial charge in [0.25, 0.3) is 5.91 Å². The summed E-state index contributed by atoms with van der Waals surface area (Å²) >= 11 is 0. The van der Waals surface area contributed by atoms with Crippen LogP contribution in [0.4, 0.5) is 0 Å². The second-order valence-corrected chi connectivity index (χ2v) is 9.45. The standard InChI is InChI=1S/C30H30N4O4/c1-30(29(36)31-18-23-11-7-8-12-27(23)38-3)20-34-26(17-25(32-34)22-9-5-4-6-10-22)28(35)33(30)19-21-13-15-24(37-2)16-14-21/h4-17H,18-20H2,1-3H3,(H,31,36)/t30-/m0/s1. The van der Waals surface area contributed by atoms with Gasteiger partial charge in [-0.2, -0.15) is 5.10 Å². The zero-order valence-electron chi connectivity index (χ0n) is 21.7. The summed E-state index contributed by atoms with van der Waals surface area (Å²) < 4.78 is 12.4. The number of hydrogen-bond donors (Lipinski definition) is 1. The molecule has 0 saturated carbocycles. The molecule has 0 saturated heterocycles. The molecule has 1 N–H and O–H groups in total. The molecule has 2 amide bonds. The van der Waals surface area contributed by atoms with Crippen molar-refractivity contribution in [2.45, 2.75) is 32.1 Å². The minimum Gasteiger partial charge on any atom is -0.497 e. The number of nitrogens with one attached hydrogen (secondary N) is 1. The molecule has 0 bridgehead atoms. The van der Waals surface area contributed by atoms with Crippen LogP contribution in [-0.4, -0.2) is 46.3 Å². The van der Waals surface area contributed by atoms with Crippen LogP contribution in [0.1, 0.15) is 28.5 Å². The molecule has 2 heterocycles. The molecule has 4 aromatic rings. The van der Waals surface area contributed by atoms with Crippen molar-refractivity contribution in [3.05, 3.63) is 102 Å². The van der Waals surface area contributed by atoms with E-state index < -0.39 is 5.54 Å². The first-order valence-electron chi connectivity index (χ1n) is 12.4. The first-order valence-corrected chi connectivity index (χ1v) is 12.4. The number of para-hydroxylation sites is 1. The van der Waals surface area contributed by atoms with Crippen molar-refractivity contribution in [1.29, 1.82) is 0 Å². The summed E-state index contributed by atoms with van der Waals surface area (Å²) in [6.45, 7) is 2.53. The maximum atomic E-state index is 13.9. The molecular weight excluding hydrogens is 480 g/mol. The van der Waals surface area contributed by atoms with Crippen LogP contribution in [0.2, 0.25) is 0 Å². The van der Waals surface area contributed by atoms with E-state index in [1.807, 2.05) is 78.9 Å². The molecule has 38 heavy (non-hydrogen) atoms. The minimum absolute atomic E-state index is 0.217. The minimum atomic E-state index is -1.19. The number of fused-ring (bicyclic) bond motifs is 1. The molecule has 0 radical (unpaired) electrons. The molecule has 194 valence electrons. The first kappa shape index (κ1) is 25.1. The van der Waals surface area contributed by atoms with Crippen molar-refractivity contribution in [3.8, 4) is 22.8 Å². The van der Waals surface area contributed by atoms with Gasteiger partial charge in [0.2, 0.25) is 5.91 Å². The van der Waals surface area contributed by atoms with E-state index in [0.29, 0.717) is 17.1 Å². The summed E-state index contributed by atoms with van der Waals surface area (Å²) in [6, 6.07) is 26.5. The summed E-state index contributed by atoms with van der Waals surface area (Å²) in [5.74, 6) is 0.889. The maximum Gasteiger partial charge on any atom is 0.273 e. The summed E-state index contributed by atoms with van der Waals surface area (Å²) in [7, 11) is 3.21. The third kappa shape index (κ3) is 4.72. The molecule has 0 fully saturated rings. The third-order valence-corrected chi connectivity index (χ3v) is 6.99. The second-order valence-electron chi connectivity index (χ2n) is 9.45. The van der Waals surface area contributed by atoms with Crippen molar-refractivity contribution >= 4 is 11.8 Å². The Morgan fingerprint density at radius 2 is 1.68 bits per heavy atom. The van der Waals surface area contributed by atoms with Gasteiger partial charge in [-0.25, -0.2) is 0 Å². The summed E-state index contributed by atoms with van der Waals surface area (Å²) in [4.78, 5) is 29.4. The largest absolute Gasteiger partial charge is 0.497 e. The third-order valence-electron chi connectivity index (χ3n) is 6.99. The number of benzene rings is 3. The lowest BCUT2D eigenvalue weighted by atomic mass is 9.94. The van der Waals surface area contributed by atoms with Crippen molar-refractivity contribution < 1.29 is 19.1 Å². The van der Waals surface area contributed by atoms with Crippen LogP contribution in [0.25, 0.3) is 11.3 Å². The topological polar surface area (TPSA) is 85.7 Å². The molecule has 0 spiro atoms. The highest BCUT2D eigenvalue weighted by atomic mass is 16.5. The second kappa shape index (κ2) is 10.4. The maximum absolute atomic E-state index is 13.9. The monoisotopic (exact) mass is 510 g/mol. The zero-order chi connectivity index (χ0) is 26.7. The van der Waals surface area contributed by atoms with E-state index in [9.17, 15) is 9.59 Å². The van der Waals surface area contributed by atoms with Crippen molar-refractivity contribution in [2.24, 2.45) is 0 Å². The van der Waals surface area contributed by atoms with Crippen molar-refractivity contribution in [2.75, 3.05) is 14.2 Å². The number of carbonyl (C=O) groups is 2. The van der Waals surface area contributed by atoms with Crippen molar-refractivity contribution in [1.82, 2.24) is 20.0 Å². The predicted octanol–water partition coefficient (Wildman–Crippen LogP) is 4.30.